The Bertz CT molecular complexity index is 902. The van der Waals surface area contributed by atoms with E-state index in [1.807, 2.05) is 48.9 Å². The molecule has 1 N–H and O–H groups in total. The lowest BCUT2D eigenvalue weighted by molar-refractivity contribution is -0.113. The molecule has 2 aromatic heterocycles. The van der Waals surface area contributed by atoms with Crippen LogP contribution in [0.1, 0.15) is 5.82 Å². The normalized spacial score (nSPS) is 10.9. The van der Waals surface area contributed by atoms with Crippen LogP contribution in [-0.4, -0.2) is 36.2 Å². The summed E-state index contributed by atoms with van der Waals surface area (Å²) in [6, 6.07) is 9.23. The Kier molecular flexibility index (Phi) is 5.10. The second-order valence-electron chi connectivity index (χ2n) is 5.47. The van der Waals surface area contributed by atoms with E-state index in [0.29, 0.717) is 16.0 Å². The van der Waals surface area contributed by atoms with Crippen LogP contribution in [0.4, 0.5) is 5.82 Å². The van der Waals surface area contributed by atoms with Gasteiger partial charge in [0.25, 0.3) is 0 Å². The molecule has 0 aliphatic rings. The Balaban J connectivity index is 1.65. The van der Waals surface area contributed by atoms with Crippen LogP contribution in [0.25, 0.3) is 11.3 Å². The van der Waals surface area contributed by atoms with Gasteiger partial charge in [0.15, 0.2) is 5.16 Å². The molecule has 0 saturated heterocycles. The van der Waals surface area contributed by atoms with Crippen molar-refractivity contribution in [3.63, 3.8) is 0 Å². The molecule has 0 unspecified atom stereocenters. The first-order chi connectivity index (χ1) is 11.9. The number of aryl methyl sites for hydroxylation is 2. The van der Waals surface area contributed by atoms with E-state index in [1.165, 1.54) is 11.8 Å². The lowest BCUT2D eigenvalue weighted by Gasteiger charge is -2.04. The van der Waals surface area contributed by atoms with Crippen molar-refractivity contribution < 1.29 is 4.79 Å². The molecule has 9 heteroatoms. The molecule has 25 heavy (non-hydrogen) atoms. The summed E-state index contributed by atoms with van der Waals surface area (Å²) in [7, 11) is 3.66. The highest BCUT2D eigenvalue weighted by molar-refractivity contribution is 7.99. The number of amides is 1. The number of hydrogen-bond acceptors (Lipinski definition) is 5. The first-order valence-corrected chi connectivity index (χ1v) is 8.89. The summed E-state index contributed by atoms with van der Waals surface area (Å²) in [6.45, 7) is 1.87. The number of carbonyl (C=O) groups excluding carboxylic acids is 1. The van der Waals surface area contributed by atoms with Crippen LogP contribution >= 0.6 is 23.4 Å². The number of benzene rings is 1. The Hall–Kier alpha value is -2.32. The summed E-state index contributed by atoms with van der Waals surface area (Å²) >= 11 is 7.24. The quantitative estimate of drug-likeness (QED) is 0.693. The topological polar surface area (TPSA) is 77.6 Å². The zero-order valence-corrected chi connectivity index (χ0v) is 15.6. The van der Waals surface area contributed by atoms with E-state index in [2.05, 4.69) is 20.6 Å². The van der Waals surface area contributed by atoms with Crippen molar-refractivity contribution in [2.24, 2.45) is 14.1 Å². The van der Waals surface area contributed by atoms with Crippen LogP contribution in [0.5, 0.6) is 0 Å². The summed E-state index contributed by atoms with van der Waals surface area (Å²) < 4.78 is 3.49. The van der Waals surface area contributed by atoms with E-state index >= 15 is 0 Å². The van der Waals surface area contributed by atoms with Gasteiger partial charge in [-0.05, 0) is 19.1 Å². The number of thioether (sulfide) groups is 1. The molecule has 7 nitrogen and oxygen atoms in total. The highest BCUT2D eigenvalue weighted by Crippen LogP contribution is 2.23. The van der Waals surface area contributed by atoms with E-state index in [0.717, 1.165) is 17.1 Å². The number of halogens is 1. The van der Waals surface area contributed by atoms with E-state index in [4.69, 9.17) is 11.6 Å². The first kappa shape index (κ1) is 17.5. The molecular formula is C16H17ClN6OS. The Labute approximate surface area is 154 Å². The van der Waals surface area contributed by atoms with Crippen molar-refractivity contribution in [3.05, 3.63) is 41.2 Å². The van der Waals surface area contributed by atoms with Gasteiger partial charge in [0.2, 0.25) is 5.91 Å². The van der Waals surface area contributed by atoms with Crippen molar-refractivity contribution in [1.82, 2.24) is 24.5 Å². The SMILES string of the molecule is Cc1nnc(SCC(=O)Nc2cc(-c3ccc(Cl)cc3)nn2C)n1C. The fraction of sp³-hybridized carbons (Fsp3) is 0.250. The highest BCUT2D eigenvalue weighted by Gasteiger charge is 2.12. The molecule has 1 amide bonds. The fourth-order valence-corrected chi connectivity index (χ4v) is 3.05. The number of rotatable bonds is 5. The number of nitrogens with zero attached hydrogens (tertiary/aromatic N) is 5. The monoisotopic (exact) mass is 376 g/mol. The zero-order valence-electron chi connectivity index (χ0n) is 14.0. The molecule has 2 heterocycles. The number of aromatic nitrogens is 5. The second-order valence-corrected chi connectivity index (χ2v) is 6.85. The van der Waals surface area contributed by atoms with Gasteiger partial charge in [-0.2, -0.15) is 5.10 Å². The number of carbonyl (C=O) groups is 1. The van der Waals surface area contributed by atoms with Gasteiger partial charge in [0.1, 0.15) is 11.6 Å². The number of hydrogen-bond donors (Lipinski definition) is 1. The van der Waals surface area contributed by atoms with E-state index in [9.17, 15) is 4.79 Å². The summed E-state index contributed by atoms with van der Waals surface area (Å²) in [6.07, 6.45) is 0. The predicted octanol–water partition coefficient (Wildman–Crippen LogP) is 2.91. The van der Waals surface area contributed by atoms with Crippen LogP contribution in [0.3, 0.4) is 0 Å². The number of anilines is 1. The van der Waals surface area contributed by atoms with Gasteiger partial charge in [0, 0.05) is 30.7 Å². The minimum Gasteiger partial charge on any atom is -0.310 e. The minimum atomic E-state index is -0.128. The van der Waals surface area contributed by atoms with Crippen molar-refractivity contribution >= 4 is 35.1 Å². The first-order valence-electron chi connectivity index (χ1n) is 7.52. The molecule has 0 saturated carbocycles. The standard InChI is InChI=1S/C16H17ClN6OS/c1-10-19-20-16(22(10)2)25-9-15(24)18-14-8-13(21-23(14)3)11-4-6-12(17)7-5-11/h4-8H,9H2,1-3H3,(H,18,24). The van der Waals surface area contributed by atoms with Crippen LogP contribution < -0.4 is 5.32 Å². The molecule has 0 aliphatic carbocycles. The predicted molar refractivity (Wildman–Crippen MR) is 98.7 cm³/mol. The highest BCUT2D eigenvalue weighted by atomic mass is 35.5. The third-order valence-electron chi connectivity index (χ3n) is 3.67. The smallest absolute Gasteiger partial charge is 0.235 e. The fourth-order valence-electron chi connectivity index (χ4n) is 2.17. The molecule has 3 rings (SSSR count). The maximum Gasteiger partial charge on any atom is 0.235 e. The van der Waals surface area contributed by atoms with Gasteiger partial charge in [-0.1, -0.05) is 35.5 Å². The van der Waals surface area contributed by atoms with Crippen molar-refractivity contribution in [2.75, 3.05) is 11.1 Å². The Morgan fingerprint density at radius 1 is 1.24 bits per heavy atom. The van der Waals surface area contributed by atoms with Gasteiger partial charge in [-0.25, -0.2) is 0 Å². The average molecular weight is 377 g/mol. The van der Waals surface area contributed by atoms with Gasteiger partial charge in [-0.15, -0.1) is 10.2 Å². The zero-order chi connectivity index (χ0) is 18.0. The van der Waals surface area contributed by atoms with Gasteiger partial charge < -0.3 is 9.88 Å². The molecule has 0 fully saturated rings. The van der Waals surface area contributed by atoms with Crippen molar-refractivity contribution in [3.8, 4) is 11.3 Å². The molecule has 3 aromatic rings. The lowest BCUT2D eigenvalue weighted by atomic mass is 10.1. The molecule has 130 valence electrons. The minimum absolute atomic E-state index is 0.128. The molecule has 0 spiro atoms. The van der Waals surface area contributed by atoms with Crippen molar-refractivity contribution in [2.45, 2.75) is 12.1 Å². The van der Waals surface area contributed by atoms with Crippen LogP contribution in [-0.2, 0) is 18.9 Å². The van der Waals surface area contributed by atoms with Crippen LogP contribution in [0.15, 0.2) is 35.5 Å². The van der Waals surface area contributed by atoms with Crippen LogP contribution in [0.2, 0.25) is 5.02 Å². The number of nitrogens with one attached hydrogen (secondary N) is 1. The third-order valence-corrected chi connectivity index (χ3v) is 4.94. The van der Waals surface area contributed by atoms with Gasteiger partial charge >= 0.3 is 0 Å². The van der Waals surface area contributed by atoms with E-state index in [-0.39, 0.29) is 11.7 Å². The van der Waals surface area contributed by atoms with Crippen LogP contribution in [0, 0.1) is 6.92 Å². The molecule has 0 radical (unpaired) electrons. The summed E-state index contributed by atoms with van der Waals surface area (Å²) in [5, 5.41) is 16.7. The van der Waals surface area contributed by atoms with Gasteiger partial charge in [-0.3, -0.25) is 9.48 Å². The van der Waals surface area contributed by atoms with Gasteiger partial charge in [0.05, 0.1) is 11.4 Å². The third kappa shape index (κ3) is 4.02. The maximum atomic E-state index is 12.2. The average Bonchev–Trinajstić information content (AvgIpc) is 3.10. The molecule has 0 atom stereocenters. The lowest BCUT2D eigenvalue weighted by Crippen LogP contribution is -2.16. The molecule has 0 bridgehead atoms. The molecule has 0 aliphatic heterocycles. The molecule has 1 aromatic carbocycles. The summed E-state index contributed by atoms with van der Waals surface area (Å²) in [4.78, 5) is 12.2. The summed E-state index contributed by atoms with van der Waals surface area (Å²) in [5.41, 5.74) is 1.70. The van der Waals surface area contributed by atoms with Crippen molar-refractivity contribution in [1.29, 1.82) is 0 Å². The largest absolute Gasteiger partial charge is 0.310 e. The maximum absolute atomic E-state index is 12.2. The Morgan fingerprint density at radius 2 is 1.96 bits per heavy atom. The van der Waals surface area contributed by atoms with E-state index < -0.39 is 0 Å². The Morgan fingerprint density at radius 3 is 2.60 bits per heavy atom. The summed E-state index contributed by atoms with van der Waals surface area (Å²) in [5.74, 6) is 1.55. The van der Waals surface area contributed by atoms with E-state index in [1.54, 1.807) is 11.7 Å². The second kappa shape index (κ2) is 7.28. The molecular weight excluding hydrogens is 360 g/mol.